The third-order valence-corrected chi connectivity index (χ3v) is 1.44. The molecule has 112 valence electrons. The standard InChI is InChI=1S/C7H12O4.2C2H6N.Pt/c1-2-3-4-5(6(8)9)7(10)11;2*1-3-2;/h5H,2-4H2,1H3,(H,8,9)(H,10,11);2*1-2H3;/q;2*-1;+2. The molecule has 0 bridgehead atoms. The van der Waals surface area contributed by atoms with Gasteiger partial charge in [-0.1, -0.05) is 19.8 Å². The summed E-state index contributed by atoms with van der Waals surface area (Å²) < 4.78 is 0. The number of carboxylic acid groups (broad SMARTS) is 2. The van der Waals surface area contributed by atoms with Crippen molar-refractivity contribution in [2.24, 2.45) is 5.92 Å². The number of unbranched alkanes of at least 4 members (excludes halogenated alkanes) is 1. The number of hydrogen-bond acceptors (Lipinski definition) is 2. The predicted molar refractivity (Wildman–Crippen MR) is 68.7 cm³/mol. The zero-order chi connectivity index (χ0) is 14.3. The van der Waals surface area contributed by atoms with E-state index in [4.69, 9.17) is 10.2 Å². The smallest absolute Gasteiger partial charge is 0.668 e. The van der Waals surface area contributed by atoms with E-state index in [1.54, 1.807) is 28.2 Å². The molecule has 0 unspecified atom stereocenters. The van der Waals surface area contributed by atoms with Crippen LogP contribution in [0.4, 0.5) is 0 Å². The van der Waals surface area contributed by atoms with Gasteiger partial charge in [0.15, 0.2) is 5.92 Å². The molecule has 0 radical (unpaired) electrons. The van der Waals surface area contributed by atoms with Gasteiger partial charge in [-0.2, -0.15) is 28.2 Å². The van der Waals surface area contributed by atoms with Gasteiger partial charge in [-0.15, -0.1) is 0 Å². The first-order valence-corrected chi connectivity index (χ1v) is 5.34. The molecule has 0 saturated heterocycles. The molecule has 0 spiro atoms. The average molecular weight is 443 g/mol. The minimum absolute atomic E-state index is 0. The van der Waals surface area contributed by atoms with Gasteiger partial charge in [0.1, 0.15) is 0 Å². The average Bonchev–Trinajstić information content (AvgIpc) is 2.19. The Morgan fingerprint density at radius 1 is 1.00 bits per heavy atom. The van der Waals surface area contributed by atoms with Crippen molar-refractivity contribution in [3.63, 3.8) is 0 Å². The van der Waals surface area contributed by atoms with E-state index in [0.717, 1.165) is 6.42 Å². The summed E-state index contributed by atoms with van der Waals surface area (Å²) in [5.41, 5.74) is 0. The molecule has 0 fully saturated rings. The van der Waals surface area contributed by atoms with E-state index < -0.39 is 17.9 Å². The third-order valence-electron chi connectivity index (χ3n) is 1.44. The molecule has 0 aliphatic carbocycles. The van der Waals surface area contributed by atoms with Crippen molar-refractivity contribution in [1.29, 1.82) is 0 Å². The molecule has 0 aromatic carbocycles. The Bertz CT molecular complexity index is 176. The van der Waals surface area contributed by atoms with Crippen LogP contribution in [0.2, 0.25) is 0 Å². The van der Waals surface area contributed by atoms with E-state index in [2.05, 4.69) is 10.6 Å². The molecular weight excluding hydrogens is 419 g/mol. The van der Waals surface area contributed by atoms with Crippen molar-refractivity contribution in [3.8, 4) is 0 Å². The molecule has 0 saturated carbocycles. The second-order valence-electron chi connectivity index (χ2n) is 3.27. The first-order valence-electron chi connectivity index (χ1n) is 5.34. The second-order valence-corrected chi connectivity index (χ2v) is 3.27. The number of nitrogens with zero attached hydrogens (tertiary/aromatic N) is 2. The molecule has 0 aromatic rings. The van der Waals surface area contributed by atoms with Gasteiger partial charge in [0.05, 0.1) is 0 Å². The fourth-order valence-corrected chi connectivity index (χ4v) is 0.761. The van der Waals surface area contributed by atoms with Crippen LogP contribution in [0.15, 0.2) is 0 Å². The summed E-state index contributed by atoms with van der Waals surface area (Å²) in [7, 11) is 7.00. The van der Waals surface area contributed by atoms with Crippen LogP contribution in [0.3, 0.4) is 0 Å². The van der Waals surface area contributed by atoms with Gasteiger partial charge >= 0.3 is 33.0 Å². The van der Waals surface area contributed by atoms with Crippen LogP contribution in [0.1, 0.15) is 26.2 Å². The van der Waals surface area contributed by atoms with Gasteiger partial charge in [0, 0.05) is 0 Å². The zero-order valence-electron chi connectivity index (χ0n) is 11.6. The maximum Gasteiger partial charge on any atom is 2.00 e. The van der Waals surface area contributed by atoms with E-state index in [0.29, 0.717) is 6.42 Å². The molecule has 18 heavy (non-hydrogen) atoms. The fourth-order valence-electron chi connectivity index (χ4n) is 0.761. The molecular formula is C11H24N2O4Pt. The summed E-state index contributed by atoms with van der Waals surface area (Å²) in [6.45, 7) is 1.89. The van der Waals surface area contributed by atoms with Crippen LogP contribution in [-0.4, -0.2) is 50.3 Å². The Morgan fingerprint density at radius 3 is 1.44 bits per heavy atom. The van der Waals surface area contributed by atoms with E-state index >= 15 is 0 Å². The van der Waals surface area contributed by atoms with Crippen molar-refractivity contribution >= 4 is 11.9 Å². The van der Waals surface area contributed by atoms with Gasteiger partial charge in [0.25, 0.3) is 0 Å². The maximum atomic E-state index is 10.3. The van der Waals surface area contributed by atoms with E-state index in [1.165, 1.54) is 0 Å². The largest absolute Gasteiger partial charge is 2.00 e. The summed E-state index contributed by atoms with van der Waals surface area (Å²) in [5.74, 6) is -3.72. The van der Waals surface area contributed by atoms with Crippen molar-refractivity contribution in [1.82, 2.24) is 0 Å². The topological polar surface area (TPSA) is 103 Å². The molecule has 0 aliphatic heterocycles. The van der Waals surface area contributed by atoms with Crippen LogP contribution in [0, 0.1) is 5.92 Å². The van der Waals surface area contributed by atoms with Gasteiger partial charge in [-0.3, -0.25) is 9.59 Å². The molecule has 0 aromatic heterocycles. The second kappa shape index (κ2) is 21.8. The number of rotatable bonds is 5. The van der Waals surface area contributed by atoms with Crippen LogP contribution >= 0.6 is 0 Å². The third kappa shape index (κ3) is 24.7. The molecule has 0 rings (SSSR count). The van der Waals surface area contributed by atoms with E-state index in [1.807, 2.05) is 6.92 Å². The van der Waals surface area contributed by atoms with Crippen molar-refractivity contribution in [2.75, 3.05) is 28.2 Å². The number of hydrogen-bond donors (Lipinski definition) is 2. The Morgan fingerprint density at radius 2 is 1.28 bits per heavy atom. The Balaban J connectivity index is -0.000000119. The molecule has 0 amide bonds. The number of aliphatic carboxylic acids is 2. The molecule has 6 nitrogen and oxygen atoms in total. The summed E-state index contributed by atoms with van der Waals surface area (Å²) in [6.07, 6.45) is 1.68. The molecule has 0 heterocycles. The fraction of sp³-hybridized carbons (Fsp3) is 0.818. The normalized spacial score (nSPS) is 8.11. The first-order chi connectivity index (χ1) is 7.92. The minimum atomic E-state index is -1.24. The Kier molecular flexibility index (Phi) is 31.7. The van der Waals surface area contributed by atoms with Crippen LogP contribution < -0.4 is 0 Å². The molecule has 7 heteroatoms. The summed E-state index contributed by atoms with van der Waals surface area (Å²) in [6, 6.07) is 0. The quantitative estimate of drug-likeness (QED) is 0.636. The zero-order valence-corrected chi connectivity index (χ0v) is 13.9. The summed E-state index contributed by atoms with van der Waals surface area (Å²) >= 11 is 0. The predicted octanol–water partition coefficient (Wildman–Crippen LogP) is 2.20. The Labute approximate surface area is 124 Å². The molecule has 0 aliphatic rings. The van der Waals surface area contributed by atoms with Crippen molar-refractivity contribution in [3.05, 3.63) is 10.6 Å². The van der Waals surface area contributed by atoms with E-state index in [-0.39, 0.29) is 27.5 Å². The minimum Gasteiger partial charge on any atom is -0.668 e. The first kappa shape index (κ1) is 26.2. The van der Waals surface area contributed by atoms with E-state index in [9.17, 15) is 9.59 Å². The monoisotopic (exact) mass is 443 g/mol. The van der Waals surface area contributed by atoms with Crippen molar-refractivity contribution in [2.45, 2.75) is 26.2 Å². The van der Waals surface area contributed by atoms with Crippen molar-refractivity contribution < 1.29 is 40.9 Å². The van der Waals surface area contributed by atoms with Gasteiger partial charge in [-0.25, -0.2) is 0 Å². The van der Waals surface area contributed by atoms with Crippen LogP contribution in [0.25, 0.3) is 10.6 Å². The molecule has 0 atom stereocenters. The van der Waals surface area contributed by atoms with Gasteiger partial charge < -0.3 is 20.8 Å². The maximum absolute atomic E-state index is 10.3. The number of carbonyl (C=O) groups is 2. The van der Waals surface area contributed by atoms with Crippen LogP contribution in [-0.2, 0) is 30.7 Å². The summed E-state index contributed by atoms with van der Waals surface area (Å²) in [5, 5.41) is 23.8. The van der Waals surface area contributed by atoms with Crippen LogP contribution in [0.5, 0.6) is 0 Å². The SMILES string of the molecule is CCCCC(C(=O)O)C(=O)O.C[N-]C.C[N-]C.[Pt+2]. The summed E-state index contributed by atoms with van der Waals surface area (Å²) in [4.78, 5) is 20.5. The van der Waals surface area contributed by atoms with Gasteiger partial charge in [-0.05, 0) is 6.42 Å². The Hall–Kier alpha value is -0.452. The molecule has 2 N–H and O–H groups in total. The van der Waals surface area contributed by atoms with Gasteiger partial charge in [0.2, 0.25) is 0 Å². The number of carboxylic acids is 2.